The highest BCUT2D eigenvalue weighted by Crippen LogP contribution is 2.44. The van der Waals surface area contributed by atoms with Gasteiger partial charge in [-0.15, -0.1) is 0 Å². The van der Waals surface area contributed by atoms with Crippen LogP contribution in [0.2, 0.25) is 0 Å². The van der Waals surface area contributed by atoms with E-state index in [4.69, 9.17) is 0 Å². The van der Waals surface area contributed by atoms with Crippen LogP contribution in [-0.4, -0.2) is 20.6 Å². The first kappa shape index (κ1) is 12.4. The molecule has 0 heterocycles. The van der Waals surface area contributed by atoms with Gasteiger partial charge in [0.05, 0.1) is 0 Å². The highest BCUT2D eigenvalue weighted by molar-refractivity contribution is 5.46. The van der Waals surface area contributed by atoms with Gasteiger partial charge in [-0.2, -0.15) is 0 Å². The SMILES string of the molecule is CC(NCC1(C)CC1)c1ccc(N(C)C)cc1. The lowest BCUT2D eigenvalue weighted by Gasteiger charge is -2.19. The van der Waals surface area contributed by atoms with E-state index < -0.39 is 0 Å². The van der Waals surface area contributed by atoms with Crippen LogP contribution in [0.4, 0.5) is 5.69 Å². The molecule has 2 heteroatoms. The van der Waals surface area contributed by atoms with Gasteiger partial charge < -0.3 is 10.2 Å². The normalized spacial score (nSPS) is 18.8. The number of hydrogen-bond donors (Lipinski definition) is 1. The standard InChI is InChI=1S/C15H24N2/c1-12(16-11-15(2)9-10-15)13-5-7-14(8-6-13)17(3)4/h5-8,12,16H,9-11H2,1-4H3. The molecule has 1 fully saturated rings. The maximum atomic E-state index is 3.64. The molecule has 0 spiro atoms. The fourth-order valence-corrected chi connectivity index (χ4v) is 1.97. The van der Waals surface area contributed by atoms with Crippen molar-refractivity contribution in [3.63, 3.8) is 0 Å². The predicted octanol–water partition coefficient (Wildman–Crippen LogP) is 3.20. The molecule has 0 radical (unpaired) electrons. The van der Waals surface area contributed by atoms with E-state index in [1.165, 1.54) is 24.1 Å². The summed E-state index contributed by atoms with van der Waals surface area (Å²) in [5, 5.41) is 3.64. The molecule has 1 aromatic rings. The summed E-state index contributed by atoms with van der Waals surface area (Å²) in [5.74, 6) is 0. The van der Waals surface area contributed by atoms with Gasteiger partial charge in [-0.3, -0.25) is 0 Å². The van der Waals surface area contributed by atoms with E-state index in [9.17, 15) is 0 Å². The Morgan fingerprint density at radius 1 is 1.24 bits per heavy atom. The van der Waals surface area contributed by atoms with E-state index in [1.807, 2.05) is 0 Å². The van der Waals surface area contributed by atoms with Crippen LogP contribution in [0.15, 0.2) is 24.3 Å². The maximum absolute atomic E-state index is 3.64. The monoisotopic (exact) mass is 232 g/mol. The van der Waals surface area contributed by atoms with Crippen molar-refractivity contribution in [2.24, 2.45) is 5.41 Å². The Morgan fingerprint density at radius 2 is 1.82 bits per heavy atom. The number of hydrogen-bond acceptors (Lipinski definition) is 2. The first-order valence-electron chi connectivity index (χ1n) is 6.51. The van der Waals surface area contributed by atoms with Gasteiger partial charge in [0.25, 0.3) is 0 Å². The van der Waals surface area contributed by atoms with Crippen LogP contribution < -0.4 is 10.2 Å². The summed E-state index contributed by atoms with van der Waals surface area (Å²) in [7, 11) is 4.15. The molecule has 2 nitrogen and oxygen atoms in total. The zero-order valence-corrected chi connectivity index (χ0v) is 11.5. The van der Waals surface area contributed by atoms with Crippen LogP contribution in [0.1, 0.15) is 38.3 Å². The minimum atomic E-state index is 0.448. The third-order valence-electron chi connectivity index (χ3n) is 3.85. The third-order valence-corrected chi connectivity index (χ3v) is 3.85. The lowest BCUT2D eigenvalue weighted by Crippen LogP contribution is -2.25. The summed E-state index contributed by atoms with van der Waals surface area (Å²) >= 11 is 0. The molecule has 0 aliphatic heterocycles. The molecule has 17 heavy (non-hydrogen) atoms. The van der Waals surface area contributed by atoms with Crippen molar-refractivity contribution in [2.45, 2.75) is 32.7 Å². The van der Waals surface area contributed by atoms with Crippen LogP contribution in [0.3, 0.4) is 0 Å². The molecule has 0 amide bonds. The molecule has 0 saturated heterocycles. The highest BCUT2D eigenvalue weighted by atomic mass is 15.1. The van der Waals surface area contributed by atoms with Crippen molar-refractivity contribution in [1.29, 1.82) is 0 Å². The summed E-state index contributed by atoms with van der Waals surface area (Å²) in [6, 6.07) is 9.27. The van der Waals surface area contributed by atoms with E-state index in [0.29, 0.717) is 11.5 Å². The van der Waals surface area contributed by atoms with Gasteiger partial charge in [0.1, 0.15) is 0 Å². The van der Waals surface area contributed by atoms with E-state index >= 15 is 0 Å². The number of nitrogens with zero attached hydrogens (tertiary/aromatic N) is 1. The molecule has 1 unspecified atom stereocenters. The number of anilines is 1. The molecule has 0 bridgehead atoms. The summed E-state index contributed by atoms with van der Waals surface area (Å²) in [6.45, 7) is 5.75. The molecule has 1 aliphatic rings. The molecule has 94 valence electrons. The molecule has 1 saturated carbocycles. The van der Waals surface area contributed by atoms with E-state index in [2.05, 4.69) is 62.4 Å². The number of nitrogens with one attached hydrogen (secondary N) is 1. The van der Waals surface area contributed by atoms with Crippen molar-refractivity contribution in [2.75, 3.05) is 25.5 Å². The Morgan fingerprint density at radius 3 is 2.29 bits per heavy atom. The summed E-state index contributed by atoms with van der Waals surface area (Å²) < 4.78 is 0. The van der Waals surface area contributed by atoms with Crippen LogP contribution in [0, 0.1) is 5.41 Å². The Balaban J connectivity index is 1.91. The fraction of sp³-hybridized carbons (Fsp3) is 0.600. The Hall–Kier alpha value is -1.02. The van der Waals surface area contributed by atoms with Gasteiger partial charge in [-0.05, 0) is 42.9 Å². The Bertz CT molecular complexity index is 363. The van der Waals surface area contributed by atoms with Gasteiger partial charge in [0, 0.05) is 32.4 Å². The minimum Gasteiger partial charge on any atom is -0.378 e. The Kier molecular flexibility index (Phi) is 3.43. The van der Waals surface area contributed by atoms with E-state index in [1.54, 1.807) is 0 Å². The largest absolute Gasteiger partial charge is 0.378 e. The molecular weight excluding hydrogens is 208 g/mol. The first-order valence-corrected chi connectivity index (χ1v) is 6.51. The van der Waals surface area contributed by atoms with Crippen LogP contribution in [0.25, 0.3) is 0 Å². The van der Waals surface area contributed by atoms with Crippen LogP contribution in [0.5, 0.6) is 0 Å². The van der Waals surface area contributed by atoms with Crippen molar-refractivity contribution in [3.05, 3.63) is 29.8 Å². The summed E-state index contributed by atoms with van der Waals surface area (Å²) in [4.78, 5) is 2.13. The Labute approximate surface area is 105 Å². The van der Waals surface area contributed by atoms with Crippen LogP contribution >= 0.6 is 0 Å². The molecule has 1 N–H and O–H groups in total. The van der Waals surface area contributed by atoms with Gasteiger partial charge >= 0.3 is 0 Å². The molecule has 1 atom stereocenters. The van der Waals surface area contributed by atoms with Gasteiger partial charge in [-0.25, -0.2) is 0 Å². The number of benzene rings is 1. The van der Waals surface area contributed by atoms with Crippen molar-refractivity contribution in [3.8, 4) is 0 Å². The molecule has 0 aromatic heterocycles. The summed E-state index contributed by atoms with van der Waals surface area (Å²) in [6.07, 6.45) is 2.76. The molecular formula is C15H24N2. The fourth-order valence-electron chi connectivity index (χ4n) is 1.97. The van der Waals surface area contributed by atoms with Gasteiger partial charge in [-0.1, -0.05) is 19.1 Å². The van der Waals surface area contributed by atoms with Crippen molar-refractivity contribution >= 4 is 5.69 Å². The van der Waals surface area contributed by atoms with Crippen molar-refractivity contribution in [1.82, 2.24) is 5.32 Å². The molecule has 2 rings (SSSR count). The maximum Gasteiger partial charge on any atom is 0.0361 e. The molecule has 1 aliphatic carbocycles. The third kappa shape index (κ3) is 3.22. The van der Waals surface area contributed by atoms with Gasteiger partial charge in [0.15, 0.2) is 0 Å². The second kappa shape index (κ2) is 4.69. The quantitative estimate of drug-likeness (QED) is 0.838. The average Bonchev–Trinajstić information content (AvgIpc) is 3.05. The average molecular weight is 232 g/mol. The summed E-state index contributed by atoms with van der Waals surface area (Å²) in [5.41, 5.74) is 3.22. The second-order valence-electron chi connectivity index (χ2n) is 5.90. The first-order chi connectivity index (χ1) is 8.00. The zero-order chi connectivity index (χ0) is 12.5. The van der Waals surface area contributed by atoms with Gasteiger partial charge in [0.2, 0.25) is 0 Å². The lowest BCUT2D eigenvalue weighted by molar-refractivity contribution is 0.457. The second-order valence-corrected chi connectivity index (χ2v) is 5.90. The smallest absolute Gasteiger partial charge is 0.0361 e. The van der Waals surface area contributed by atoms with E-state index in [-0.39, 0.29) is 0 Å². The predicted molar refractivity (Wildman–Crippen MR) is 74.5 cm³/mol. The van der Waals surface area contributed by atoms with Crippen LogP contribution in [-0.2, 0) is 0 Å². The molecule has 1 aromatic carbocycles. The minimum absolute atomic E-state index is 0.448. The topological polar surface area (TPSA) is 15.3 Å². The van der Waals surface area contributed by atoms with Crippen molar-refractivity contribution < 1.29 is 0 Å². The van der Waals surface area contributed by atoms with E-state index in [0.717, 1.165) is 6.54 Å². The highest BCUT2D eigenvalue weighted by Gasteiger charge is 2.36. The zero-order valence-electron chi connectivity index (χ0n) is 11.5. The lowest BCUT2D eigenvalue weighted by atomic mass is 10.1. The number of rotatable bonds is 5.